The maximum atomic E-state index is 11.2. The number of nitrogens with two attached hydrogens (primary N) is 1. The zero-order valence-corrected chi connectivity index (χ0v) is 11.7. The summed E-state index contributed by atoms with van der Waals surface area (Å²) in [6.45, 7) is 2.27. The number of methoxy groups -OCH3 is 1. The average molecular weight is 265 g/mol. The minimum absolute atomic E-state index is 0.00750. The lowest BCUT2D eigenvalue weighted by Gasteiger charge is -2.12. The van der Waals surface area contributed by atoms with E-state index in [0.29, 0.717) is 13.0 Å². The Morgan fingerprint density at radius 2 is 1.95 bits per heavy atom. The maximum Gasteiger partial charge on any atom is 0.305 e. The number of carbonyl (C=O) groups is 1. The molecule has 106 valence electrons. The molecule has 0 saturated heterocycles. The van der Waals surface area contributed by atoms with Gasteiger partial charge in [-0.1, -0.05) is 18.6 Å². The molecule has 1 atom stereocenters. The number of hydrogen-bond acceptors (Lipinski definition) is 4. The number of rotatable bonds is 8. The van der Waals surface area contributed by atoms with Gasteiger partial charge in [0.15, 0.2) is 0 Å². The highest BCUT2D eigenvalue weighted by Crippen LogP contribution is 2.20. The Balaban J connectivity index is 2.26. The van der Waals surface area contributed by atoms with Crippen molar-refractivity contribution in [1.29, 1.82) is 0 Å². The molecule has 0 aromatic heterocycles. The average Bonchev–Trinajstić information content (AvgIpc) is 2.44. The summed E-state index contributed by atoms with van der Waals surface area (Å²) in [4.78, 5) is 11.2. The zero-order chi connectivity index (χ0) is 14.1. The third-order valence-electron chi connectivity index (χ3n) is 3.00. The normalized spacial score (nSPS) is 11.9. The molecule has 0 fully saturated rings. The van der Waals surface area contributed by atoms with Crippen LogP contribution in [0.2, 0.25) is 0 Å². The van der Waals surface area contributed by atoms with E-state index in [1.807, 2.05) is 31.2 Å². The summed E-state index contributed by atoms with van der Waals surface area (Å²) in [6.07, 6.45) is 3.09. The molecule has 19 heavy (non-hydrogen) atoms. The van der Waals surface area contributed by atoms with Gasteiger partial charge in [0, 0.05) is 12.5 Å². The van der Waals surface area contributed by atoms with Crippen LogP contribution in [0.4, 0.5) is 0 Å². The topological polar surface area (TPSA) is 61.5 Å². The van der Waals surface area contributed by atoms with Gasteiger partial charge in [-0.05, 0) is 37.5 Å². The molecule has 0 aliphatic carbocycles. The molecule has 4 heteroatoms. The second kappa shape index (κ2) is 8.53. The first-order chi connectivity index (χ1) is 9.17. The van der Waals surface area contributed by atoms with Crippen LogP contribution in [-0.4, -0.2) is 19.7 Å². The monoisotopic (exact) mass is 265 g/mol. The third-order valence-corrected chi connectivity index (χ3v) is 3.00. The highest BCUT2D eigenvalue weighted by molar-refractivity contribution is 5.69. The van der Waals surface area contributed by atoms with Crippen LogP contribution in [0.25, 0.3) is 0 Å². The van der Waals surface area contributed by atoms with Crippen LogP contribution in [0, 0.1) is 0 Å². The third kappa shape index (κ3) is 5.75. The maximum absolute atomic E-state index is 11.2. The van der Waals surface area contributed by atoms with Gasteiger partial charge in [0.05, 0.1) is 13.7 Å². The van der Waals surface area contributed by atoms with Crippen LogP contribution < -0.4 is 10.5 Å². The van der Waals surface area contributed by atoms with Gasteiger partial charge >= 0.3 is 5.97 Å². The second-order valence-electron chi connectivity index (χ2n) is 4.43. The predicted octanol–water partition coefficient (Wildman–Crippen LogP) is 2.82. The number of benzene rings is 1. The van der Waals surface area contributed by atoms with Crippen LogP contribution in [0.15, 0.2) is 24.3 Å². The molecule has 1 aromatic carbocycles. The van der Waals surface area contributed by atoms with Gasteiger partial charge in [-0.25, -0.2) is 0 Å². The summed E-state index contributed by atoms with van der Waals surface area (Å²) >= 11 is 0. The minimum atomic E-state index is -0.125. The predicted molar refractivity (Wildman–Crippen MR) is 75.0 cm³/mol. The molecule has 4 nitrogen and oxygen atoms in total. The summed E-state index contributed by atoms with van der Waals surface area (Å²) < 4.78 is 9.98. The first-order valence-electron chi connectivity index (χ1n) is 6.72. The van der Waals surface area contributed by atoms with E-state index >= 15 is 0 Å². The number of hydrogen-bond donors (Lipinski definition) is 1. The van der Waals surface area contributed by atoms with Crippen molar-refractivity contribution in [3.05, 3.63) is 29.8 Å². The standard InChI is InChI=1S/C15H23NO3/c1-3-19-15(17)7-5-4-6-14(16)12-8-10-13(18-2)11-9-12/h8-11,14H,3-7,16H2,1-2H3. The van der Waals surface area contributed by atoms with Gasteiger partial charge in [-0.15, -0.1) is 0 Å². The Morgan fingerprint density at radius 1 is 1.26 bits per heavy atom. The molecular weight excluding hydrogens is 242 g/mol. The van der Waals surface area contributed by atoms with E-state index in [2.05, 4.69) is 0 Å². The number of carbonyl (C=O) groups excluding carboxylic acids is 1. The molecule has 0 amide bonds. The quantitative estimate of drug-likeness (QED) is 0.580. The van der Waals surface area contributed by atoms with Crippen molar-refractivity contribution >= 4 is 5.97 Å². The van der Waals surface area contributed by atoms with Crippen molar-refractivity contribution in [3.8, 4) is 5.75 Å². The second-order valence-corrected chi connectivity index (χ2v) is 4.43. The van der Waals surface area contributed by atoms with Crippen molar-refractivity contribution in [2.24, 2.45) is 5.73 Å². The Morgan fingerprint density at radius 3 is 2.53 bits per heavy atom. The summed E-state index contributed by atoms with van der Waals surface area (Å²) in [5.41, 5.74) is 7.20. The smallest absolute Gasteiger partial charge is 0.305 e. The lowest BCUT2D eigenvalue weighted by atomic mass is 10.0. The summed E-state index contributed by atoms with van der Waals surface area (Å²) in [5, 5.41) is 0. The van der Waals surface area contributed by atoms with E-state index < -0.39 is 0 Å². The SMILES string of the molecule is CCOC(=O)CCCCC(N)c1ccc(OC)cc1. The van der Waals surface area contributed by atoms with Crippen molar-refractivity contribution < 1.29 is 14.3 Å². The first-order valence-corrected chi connectivity index (χ1v) is 6.72. The van der Waals surface area contributed by atoms with Gasteiger partial charge in [-0.2, -0.15) is 0 Å². The molecule has 0 radical (unpaired) electrons. The summed E-state index contributed by atoms with van der Waals surface area (Å²) in [6, 6.07) is 7.79. The first kappa shape index (κ1) is 15.5. The van der Waals surface area contributed by atoms with Gasteiger partial charge in [-0.3, -0.25) is 4.79 Å². The fourth-order valence-electron chi connectivity index (χ4n) is 1.88. The highest BCUT2D eigenvalue weighted by atomic mass is 16.5. The molecule has 1 unspecified atom stereocenters. The molecule has 0 saturated carbocycles. The molecule has 1 rings (SSSR count). The fraction of sp³-hybridized carbons (Fsp3) is 0.533. The van der Waals surface area contributed by atoms with Gasteiger partial charge < -0.3 is 15.2 Å². The Hall–Kier alpha value is -1.55. The molecule has 2 N–H and O–H groups in total. The van der Waals surface area contributed by atoms with Crippen LogP contribution in [-0.2, 0) is 9.53 Å². The number of esters is 1. The van der Waals surface area contributed by atoms with E-state index in [9.17, 15) is 4.79 Å². The van der Waals surface area contributed by atoms with E-state index in [4.69, 9.17) is 15.2 Å². The van der Waals surface area contributed by atoms with Crippen LogP contribution in [0.5, 0.6) is 5.75 Å². The van der Waals surface area contributed by atoms with E-state index in [1.165, 1.54) is 0 Å². The van der Waals surface area contributed by atoms with Crippen molar-refractivity contribution in [2.45, 2.75) is 38.6 Å². The molecule has 0 spiro atoms. The van der Waals surface area contributed by atoms with Crippen LogP contribution >= 0.6 is 0 Å². The largest absolute Gasteiger partial charge is 0.497 e. The Kier molecular flexibility index (Phi) is 6.97. The van der Waals surface area contributed by atoms with Crippen LogP contribution in [0.3, 0.4) is 0 Å². The van der Waals surface area contributed by atoms with Crippen LogP contribution in [0.1, 0.15) is 44.2 Å². The highest BCUT2D eigenvalue weighted by Gasteiger charge is 2.07. The molecule has 0 bridgehead atoms. The fourth-order valence-corrected chi connectivity index (χ4v) is 1.88. The summed E-state index contributed by atoms with van der Waals surface area (Å²) in [7, 11) is 1.64. The summed E-state index contributed by atoms with van der Waals surface area (Å²) in [5.74, 6) is 0.707. The van der Waals surface area contributed by atoms with Gasteiger partial charge in [0.1, 0.15) is 5.75 Å². The van der Waals surface area contributed by atoms with E-state index in [0.717, 1.165) is 30.6 Å². The number of ether oxygens (including phenoxy) is 2. The van der Waals surface area contributed by atoms with E-state index in [1.54, 1.807) is 7.11 Å². The van der Waals surface area contributed by atoms with E-state index in [-0.39, 0.29) is 12.0 Å². The van der Waals surface area contributed by atoms with Crippen molar-refractivity contribution in [3.63, 3.8) is 0 Å². The van der Waals surface area contributed by atoms with Gasteiger partial charge in [0.2, 0.25) is 0 Å². The Bertz CT molecular complexity index is 375. The molecule has 0 aliphatic heterocycles. The molecule has 1 aromatic rings. The lowest BCUT2D eigenvalue weighted by molar-refractivity contribution is -0.143. The van der Waals surface area contributed by atoms with Crippen molar-refractivity contribution in [1.82, 2.24) is 0 Å². The number of unbranched alkanes of at least 4 members (excludes halogenated alkanes) is 1. The van der Waals surface area contributed by atoms with Gasteiger partial charge in [0.25, 0.3) is 0 Å². The van der Waals surface area contributed by atoms with Crippen molar-refractivity contribution in [2.75, 3.05) is 13.7 Å². The molecule has 0 heterocycles. The minimum Gasteiger partial charge on any atom is -0.497 e. The Labute approximate surface area is 114 Å². The molecular formula is C15H23NO3. The zero-order valence-electron chi connectivity index (χ0n) is 11.7. The lowest BCUT2D eigenvalue weighted by Crippen LogP contribution is -2.10. The molecule has 0 aliphatic rings.